The number of carbonyl (C=O) groups excluding carboxylic acids is 2. The Bertz CT molecular complexity index is 1060. The minimum Gasteiger partial charge on any atom is -0.507 e. The summed E-state index contributed by atoms with van der Waals surface area (Å²) in [6, 6.07) is 13.4. The van der Waals surface area contributed by atoms with Crippen molar-refractivity contribution >= 4 is 29.1 Å². The number of likely N-dealkylation sites (tertiary alicyclic amines) is 1. The number of amides is 1. The van der Waals surface area contributed by atoms with Crippen molar-refractivity contribution in [2.24, 2.45) is 0 Å². The number of halogens is 1. The molecule has 1 N–H and O–H groups in total. The van der Waals surface area contributed by atoms with E-state index in [2.05, 4.69) is 25.7 Å². The predicted octanol–water partition coefficient (Wildman–Crippen LogP) is 6.06. The second-order valence-electron chi connectivity index (χ2n) is 9.01. The quantitative estimate of drug-likeness (QED) is 0.153. The molecule has 0 saturated carbocycles. The number of carbonyl (C=O) groups is 2. The van der Waals surface area contributed by atoms with Gasteiger partial charge in [0.15, 0.2) is 0 Å². The third-order valence-corrected chi connectivity index (χ3v) is 6.87. The number of nitrogens with zero attached hydrogens (tertiary/aromatic N) is 2. The average Bonchev–Trinajstić information content (AvgIpc) is 3.14. The van der Waals surface area contributed by atoms with Crippen LogP contribution in [-0.2, 0) is 9.59 Å². The Hall–Kier alpha value is -2.83. The highest BCUT2D eigenvalue weighted by Gasteiger charge is 2.45. The van der Waals surface area contributed by atoms with Gasteiger partial charge >= 0.3 is 0 Å². The molecule has 0 radical (unpaired) electrons. The number of ketones is 1. The summed E-state index contributed by atoms with van der Waals surface area (Å²) >= 11 is 6.02. The Labute approximate surface area is 219 Å². The number of rotatable bonds is 13. The summed E-state index contributed by atoms with van der Waals surface area (Å²) in [5.74, 6) is -0.784. The molecule has 3 rings (SSSR count). The highest BCUT2D eigenvalue weighted by atomic mass is 35.5. The van der Waals surface area contributed by atoms with E-state index in [1.807, 2.05) is 24.3 Å². The minimum absolute atomic E-state index is 0.0910. The summed E-state index contributed by atoms with van der Waals surface area (Å²) in [7, 11) is 0. The van der Waals surface area contributed by atoms with Crippen LogP contribution in [0.15, 0.2) is 54.1 Å². The van der Waals surface area contributed by atoms with Crippen molar-refractivity contribution in [1.82, 2.24) is 9.80 Å². The van der Waals surface area contributed by atoms with E-state index in [0.717, 1.165) is 50.9 Å². The summed E-state index contributed by atoms with van der Waals surface area (Å²) in [5.41, 5.74) is 1.27. The van der Waals surface area contributed by atoms with Crippen LogP contribution < -0.4 is 4.74 Å². The van der Waals surface area contributed by atoms with E-state index in [-0.39, 0.29) is 11.3 Å². The number of aliphatic hydroxyl groups is 1. The fraction of sp³-hybridized carbons (Fsp3) is 0.448. The molecule has 0 aromatic heterocycles. The van der Waals surface area contributed by atoms with Crippen molar-refractivity contribution in [2.75, 3.05) is 32.8 Å². The van der Waals surface area contributed by atoms with Gasteiger partial charge in [0.2, 0.25) is 0 Å². The smallest absolute Gasteiger partial charge is 0.295 e. The Morgan fingerprint density at radius 3 is 2.42 bits per heavy atom. The zero-order chi connectivity index (χ0) is 26.1. The van der Waals surface area contributed by atoms with Crippen molar-refractivity contribution in [3.63, 3.8) is 0 Å². The van der Waals surface area contributed by atoms with Crippen molar-refractivity contribution in [3.05, 3.63) is 70.3 Å². The van der Waals surface area contributed by atoms with E-state index in [4.69, 9.17) is 16.3 Å². The lowest BCUT2D eigenvalue weighted by atomic mass is 9.95. The molecule has 1 aliphatic rings. The molecule has 0 aliphatic carbocycles. The molecule has 1 aliphatic heterocycles. The van der Waals surface area contributed by atoms with E-state index in [1.165, 1.54) is 0 Å². The van der Waals surface area contributed by atoms with Gasteiger partial charge in [0.05, 0.1) is 18.2 Å². The number of hydrogen-bond donors (Lipinski definition) is 1. The third kappa shape index (κ3) is 6.68. The number of hydrogen-bond acceptors (Lipinski definition) is 5. The number of Topliss-reactive ketones (excluding diaryl/α,β-unsaturated/α-hetero) is 1. The highest BCUT2D eigenvalue weighted by Crippen LogP contribution is 2.40. The van der Waals surface area contributed by atoms with E-state index in [9.17, 15) is 14.7 Å². The maximum atomic E-state index is 13.2. The molecule has 1 unspecified atom stereocenters. The normalized spacial score (nSPS) is 17.2. The van der Waals surface area contributed by atoms with Gasteiger partial charge in [0.25, 0.3) is 11.7 Å². The molecule has 6 nitrogen and oxygen atoms in total. The van der Waals surface area contributed by atoms with Gasteiger partial charge in [-0.2, -0.15) is 0 Å². The molecule has 36 heavy (non-hydrogen) atoms. The zero-order valence-corrected chi connectivity index (χ0v) is 22.3. The Balaban J connectivity index is 1.98. The second kappa shape index (κ2) is 13.5. The Morgan fingerprint density at radius 1 is 1.03 bits per heavy atom. The van der Waals surface area contributed by atoms with Crippen LogP contribution in [0.5, 0.6) is 5.75 Å². The lowest BCUT2D eigenvalue weighted by molar-refractivity contribution is -0.140. The SMILES string of the molecule is CCCCCOc1cccc(C2C(=C(O)c3ccc(Cl)cc3)C(=O)C(=O)N2CCCN(CC)CC)c1. The minimum atomic E-state index is -0.698. The van der Waals surface area contributed by atoms with Gasteiger partial charge in [-0.25, -0.2) is 0 Å². The van der Waals surface area contributed by atoms with Crippen molar-refractivity contribution in [3.8, 4) is 5.75 Å². The van der Waals surface area contributed by atoms with Crippen molar-refractivity contribution in [1.29, 1.82) is 0 Å². The lowest BCUT2D eigenvalue weighted by Gasteiger charge is -2.27. The molecule has 1 atom stereocenters. The molecule has 1 heterocycles. The largest absolute Gasteiger partial charge is 0.507 e. The van der Waals surface area contributed by atoms with Crippen molar-refractivity contribution < 1.29 is 19.4 Å². The fourth-order valence-corrected chi connectivity index (χ4v) is 4.67. The van der Waals surface area contributed by atoms with Gasteiger partial charge in [-0.3, -0.25) is 9.59 Å². The summed E-state index contributed by atoms with van der Waals surface area (Å²) < 4.78 is 5.94. The Kier molecular flexibility index (Phi) is 10.4. The van der Waals surface area contributed by atoms with Crippen LogP contribution >= 0.6 is 11.6 Å². The number of aliphatic hydroxyl groups excluding tert-OH is 1. The monoisotopic (exact) mass is 512 g/mol. The summed E-state index contributed by atoms with van der Waals surface area (Å²) in [5, 5.41) is 11.7. The third-order valence-electron chi connectivity index (χ3n) is 6.62. The fourth-order valence-electron chi connectivity index (χ4n) is 4.54. The van der Waals surface area contributed by atoms with Gasteiger partial charge in [-0.1, -0.05) is 57.3 Å². The van der Waals surface area contributed by atoms with Crippen LogP contribution in [0.3, 0.4) is 0 Å². The molecule has 1 fully saturated rings. The van der Waals surface area contributed by atoms with E-state index >= 15 is 0 Å². The van der Waals surface area contributed by atoms with Gasteiger partial charge in [0, 0.05) is 17.1 Å². The van der Waals surface area contributed by atoms with Crippen LogP contribution in [0.1, 0.15) is 63.6 Å². The first kappa shape index (κ1) is 27.8. The molecular formula is C29H37ClN2O4. The standard InChI is InChI=1S/C29H37ClN2O4/c1-4-7-8-19-36-24-12-9-11-22(20-24)26-25(27(33)21-13-15-23(30)16-14-21)28(34)29(35)32(26)18-10-17-31(5-2)6-3/h9,11-16,20,26,33H,4-8,10,17-19H2,1-3H3. The molecule has 1 saturated heterocycles. The number of ether oxygens (including phenoxy) is 1. The zero-order valence-electron chi connectivity index (χ0n) is 21.5. The first-order chi connectivity index (χ1) is 17.4. The van der Waals surface area contributed by atoms with Crippen LogP contribution in [-0.4, -0.2) is 59.4 Å². The van der Waals surface area contributed by atoms with E-state index in [0.29, 0.717) is 29.5 Å². The maximum absolute atomic E-state index is 13.2. The predicted molar refractivity (Wildman–Crippen MR) is 144 cm³/mol. The van der Waals surface area contributed by atoms with Crippen LogP contribution in [0, 0.1) is 0 Å². The molecule has 7 heteroatoms. The van der Waals surface area contributed by atoms with Crippen LogP contribution in [0.25, 0.3) is 5.76 Å². The molecule has 0 bridgehead atoms. The molecule has 0 spiro atoms. The van der Waals surface area contributed by atoms with Gasteiger partial charge < -0.3 is 19.6 Å². The lowest BCUT2D eigenvalue weighted by Crippen LogP contribution is -2.33. The van der Waals surface area contributed by atoms with Crippen molar-refractivity contribution in [2.45, 2.75) is 52.5 Å². The van der Waals surface area contributed by atoms with Gasteiger partial charge in [-0.05, 0) is 74.4 Å². The van der Waals surface area contributed by atoms with E-state index < -0.39 is 17.7 Å². The average molecular weight is 513 g/mol. The van der Waals surface area contributed by atoms with E-state index in [1.54, 1.807) is 29.2 Å². The summed E-state index contributed by atoms with van der Waals surface area (Å²) in [6.07, 6.45) is 3.88. The summed E-state index contributed by atoms with van der Waals surface area (Å²) in [4.78, 5) is 30.3. The highest BCUT2D eigenvalue weighted by molar-refractivity contribution is 6.46. The number of benzene rings is 2. The second-order valence-corrected chi connectivity index (χ2v) is 9.44. The maximum Gasteiger partial charge on any atom is 0.295 e. The first-order valence-electron chi connectivity index (χ1n) is 12.9. The van der Waals surface area contributed by atoms with Crippen LogP contribution in [0.2, 0.25) is 5.02 Å². The molecule has 194 valence electrons. The van der Waals surface area contributed by atoms with Gasteiger partial charge in [0.1, 0.15) is 11.5 Å². The topological polar surface area (TPSA) is 70.1 Å². The van der Waals surface area contributed by atoms with Crippen LogP contribution in [0.4, 0.5) is 0 Å². The Morgan fingerprint density at radius 2 is 1.75 bits per heavy atom. The molecule has 2 aromatic rings. The summed E-state index contributed by atoms with van der Waals surface area (Å²) in [6.45, 7) is 10.0. The van der Waals surface area contributed by atoms with Gasteiger partial charge in [-0.15, -0.1) is 0 Å². The molecule has 1 amide bonds. The molecular weight excluding hydrogens is 476 g/mol. The first-order valence-corrected chi connectivity index (χ1v) is 13.3. The number of unbranched alkanes of at least 4 members (excludes halogenated alkanes) is 2. The molecule has 2 aromatic carbocycles.